The van der Waals surface area contributed by atoms with E-state index in [0.717, 1.165) is 37.4 Å². The number of hydrogen-bond donors (Lipinski definition) is 0. The number of nitrogens with zero attached hydrogens (tertiary/aromatic N) is 2. The van der Waals surface area contributed by atoms with E-state index in [1.807, 2.05) is 0 Å². The Bertz CT molecular complexity index is 221. The highest BCUT2D eigenvalue weighted by Crippen LogP contribution is 2.12. The van der Waals surface area contributed by atoms with Gasteiger partial charge in [-0.05, 0) is 7.05 Å². The Kier molecular flexibility index (Phi) is 1.66. The summed E-state index contributed by atoms with van der Waals surface area (Å²) < 4.78 is 5.25. The summed E-state index contributed by atoms with van der Waals surface area (Å²) in [5, 5.41) is 0. The Balaban J connectivity index is 2.20. The molecular formula is C8H12N2O. The molecule has 0 radical (unpaired) electrons. The molecule has 1 aromatic heterocycles. The second-order valence-electron chi connectivity index (χ2n) is 3.03. The summed E-state index contributed by atoms with van der Waals surface area (Å²) >= 11 is 0. The number of fused-ring (bicyclic) bond motifs is 1. The Hall–Kier alpha value is -0.830. The number of aromatic nitrogens is 1. The SMILES string of the molecule is CN1CCc2ncoc2CC1. The molecule has 1 aliphatic heterocycles. The van der Waals surface area contributed by atoms with Gasteiger partial charge in [0, 0.05) is 25.9 Å². The van der Waals surface area contributed by atoms with E-state index >= 15 is 0 Å². The van der Waals surface area contributed by atoms with Gasteiger partial charge in [0.25, 0.3) is 0 Å². The lowest BCUT2D eigenvalue weighted by atomic mass is 10.2. The zero-order valence-corrected chi connectivity index (χ0v) is 6.71. The molecule has 1 aromatic rings. The molecule has 2 heterocycles. The molecule has 0 aliphatic carbocycles. The smallest absolute Gasteiger partial charge is 0.181 e. The third-order valence-corrected chi connectivity index (χ3v) is 2.18. The predicted molar refractivity (Wildman–Crippen MR) is 41.4 cm³/mol. The molecule has 0 saturated carbocycles. The minimum atomic E-state index is 1.01. The zero-order chi connectivity index (χ0) is 7.68. The van der Waals surface area contributed by atoms with Crippen molar-refractivity contribution in [3.05, 3.63) is 17.8 Å². The van der Waals surface area contributed by atoms with Gasteiger partial charge in [-0.1, -0.05) is 0 Å². The Morgan fingerprint density at radius 3 is 3.18 bits per heavy atom. The normalized spacial score (nSPS) is 19.4. The summed E-state index contributed by atoms with van der Waals surface area (Å²) in [7, 11) is 2.13. The second kappa shape index (κ2) is 2.66. The van der Waals surface area contributed by atoms with Crippen molar-refractivity contribution in [3.63, 3.8) is 0 Å². The van der Waals surface area contributed by atoms with Crippen molar-refractivity contribution in [1.29, 1.82) is 0 Å². The van der Waals surface area contributed by atoms with Crippen molar-refractivity contribution >= 4 is 0 Å². The highest BCUT2D eigenvalue weighted by atomic mass is 16.3. The van der Waals surface area contributed by atoms with E-state index in [1.54, 1.807) is 6.39 Å². The van der Waals surface area contributed by atoms with Gasteiger partial charge in [-0.25, -0.2) is 4.98 Å². The summed E-state index contributed by atoms with van der Waals surface area (Å²) in [6.45, 7) is 2.18. The Morgan fingerprint density at radius 2 is 2.27 bits per heavy atom. The van der Waals surface area contributed by atoms with E-state index in [1.165, 1.54) is 0 Å². The molecule has 0 spiro atoms. The highest BCUT2D eigenvalue weighted by Gasteiger charge is 2.13. The van der Waals surface area contributed by atoms with Crippen molar-refractivity contribution in [2.75, 3.05) is 20.1 Å². The molecule has 0 saturated heterocycles. The lowest BCUT2D eigenvalue weighted by Gasteiger charge is -2.10. The maximum atomic E-state index is 5.25. The monoisotopic (exact) mass is 152 g/mol. The maximum absolute atomic E-state index is 5.25. The van der Waals surface area contributed by atoms with Gasteiger partial charge in [0.15, 0.2) is 6.39 Å². The first-order valence-electron chi connectivity index (χ1n) is 3.96. The number of oxazole rings is 1. The van der Waals surface area contributed by atoms with Gasteiger partial charge in [-0.3, -0.25) is 0 Å². The van der Waals surface area contributed by atoms with Crippen LogP contribution in [0.3, 0.4) is 0 Å². The van der Waals surface area contributed by atoms with Crippen molar-refractivity contribution < 1.29 is 4.42 Å². The lowest BCUT2D eigenvalue weighted by Crippen LogP contribution is -2.20. The van der Waals surface area contributed by atoms with E-state index in [9.17, 15) is 0 Å². The molecular weight excluding hydrogens is 140 g/mol. The van der Waals surface area contributed by atoms with Crippen LogP contribution in [0, 0.1) is 0 Å². The predicted octanol–water partition coefficient (Wildman–Crippen LogP) is 0.705. The van der Waals surface area contributed by atoms with Crippen LogP contribution < -0.4 is 0 Å². The summed E-state index contributed by atoms with van der Waals surface area (Å²) in [5.41, 5.74) is 1.15. The maximum Gasteiger partial charge on any atom is 0.181 e. The van der Waals surface area contributed by atoms with Crippen molar-refractivity contribution in [3.8, 4) is 0 Å². The second-order valence-corrected chi connectivity index (χ2v) is 3.03. The quantitative estimate of drug-likeness (QED) is 0.548. The summed E-state index contributed by atoms with van der Waals surface area (Å²) in [6.07, 6.45) is 3.59. The van der Waals surface area contributed by atoms with Gasteiger partial charge in [0.05, 0.1) is 5.69 Å². The van der Waals surface area contributed by atoms with Gasteiger partial charge < -0.3 is 9.32 Å². The van der Waals surface area contributed by atoms with Gasteiger partial charge in [0.1, 0.15) is 5.76 Å². The molecule has 3 heteroatoms. The van der Waals surface area contributed by atoms with Crippen molar-refractivity contribution in [2.24, 2.45) is 0 Å². The molecule has 0 atom stereocenters. The summed E-state index contributed by atoms with van der Waals surface area (Å²) in [5.74, 6) is 1.08. The fourth-order valence-corrected chi connectivity index (χ4v) is 1.40. The minimum Gasteiger partial charge on any atom is -0.448 e. The highest BCUT2D eigenvalue weighted by molar-refractivity contribution is 5.09. The van der Waals surface area contributed by atoms with Gasteiger partial charge >= 0.3 is 0 Å². The Morgan fingerprint density at radius 1 is 1.45 bits per heavy atom. The standard InChI is InChI=1S/C8H12N2O/c1-10-4-2-7-8(3-5-10)11-6-9-7/h6H,2-5H2,1H3. The van der Waals surface area contributed by atoms with Crippen molar-refractivity contribution in [1.82, 2.24) is 9.88 Å². The molecule has 0 bridgehead atoms. The van der Waals surface area contributed by atoms with Gasteiger partial charge in [-0.2, -0.15) is 0 Å². The Labute approximate surface area is 66.0 Å². The van der Waals surface area contributed by atoms with E-state index in [-0.39, 0.29) is 0 Å². The van der Waals surface area contributed by atoms with Crippen LogP contribution in [0.25, 0.3) is 0 Å². The number of hydrogen-bond acceptors (Lipinski definition) is 3. The van der Waals surface area contributed by atoms with E-state index in [0.29, 0.717) is 0 Å². The largest absolute Gasteiger partial charge is 0.448 e. The van der Waals surface area contributed by atoms with E-state index in [4.69, 9.17) is 4.42 Å². The first kappa shape index (κ1) is 6.85. The third kappa shape index (κ3) is 1.28. The first-order chi connectivity index (χ1) is 5.36. The molecule has 11 heavy (non-hydrogen) atoms. The summed E-state index contributed by atoms with van der Waals surface area (Å²) in [6, 6.07) is 0. The molecule has 0 amide bonds. The fraction of sp³-hybridized carbons (Fsp3) is 0.625. The summed E-state index contributed by atoms with van der Waals surface area (Å²) in [4.78, 5) is 6.46. The van der Waals surface area contributed by atoms with Crippen LogP contribution in [-0.4, -0.2) is 30.0 Å². The van der Waals surface area contributed by atoms with Crippen LogP contribution in [-0.2, 0) is 12.8 Å². The fourth-order valence-electron chi connectivity index (χ4n) is 1.40. The molecule has 0 unspecified atom stereocenters. The number of rotatable bonds is 0. The van der Waals surface area contributed by atoms with Gasteiger partial charge in [-0.15, -0.1) is 0 Å². The molecule has 3 nitrogen and oxygen atoms in total. The van der Waals surface area contributed by atoms with Crippen LogP contribution in [0.4, 0.5) is 0 Å². The van der Waals surface area contributed by atoms with Crippen LogP contribution in [0.2, 0.25) is 0 Å². The van der Waals surface area contributed by atoms with Crippen LogP contribution in [0.1, 0.15) is 11.5 Å². The van der Waals surface area contributed by atoms with Crippen LogP contribution in [0.15, 0.2) is 10.8 Å². The lowest BCUT2D eigenvalue weighted by molar-refractivity contribution is 0.343. The van der Waals surface area contributed by atoms with Crippen LogP contribution in [0.5, 0.6) is 0 Å². The topological polar surface area (TPSA) is 29.3 Å². The molecule has 0 aromatic carbocycles. The third-order valence-electron chi connectivity index (χ3n) is 2.18. The van der Waals surface area contributed by atoms with Crippen molar-refractivity contribution in [2.45, 2.75) is 12.8 Å². The zero-order valence-electron chi connectivity index (χ0n) is 6.71. The number of likely N-dealkylation sites (N-methyl/N-ethyl adjacent to an activating group) is 1. The van der Waals surface area contributed by atoms with Gasteiger partial charge in [0.2, 0.25) is 0 Å². The molecule has 60 valence electrons. The first-order valence-corrected chi connectivity index (χ1v) is 3.96. The average molecular weight is 152 g/mol. The molecule has 0 N–H and O–H groups in total. The molecule has 1 aliphatic rings. The van der Waals surface area contributed by atoms with E-state index < -0.39 is 0 Å². The average Bonchev–Trinajstić information content (AvgIpc) is 2.38. The molecule has 2 rings (SSSR count). The van der Waals surface area contributed by atoms with E-state index in [2.05, 4.69) is 16.9 Å². The van der Waals surface area contributed by atoms with Crippen LogP contribution >= 0.6 is 0 Å². The minimum absolute atomic E-state index is 1.01. The molecule has 0 fully saturated rings.